The van der Waals surface area contributed by atoms with Crippen molar-refractivity contribution in [2.24, 2.45) is 0 Å². The number of aryl methyl sites for hydroxylation is 1. The quantitative estimate of drug-likeness (QED) is 0.717. The zero-order chi connectivity index (χ0) is 7.23. The molecule has 0 saturated heterocycles. The van der Waals surface area contributed by atoms with E-state index in [0.29, 0.717) is 15.5 Å². The number of benzene rings is 1. The van der Waals surface area contributed by atoms with Crippen molar-refractivity contribution in [2.45, 2.75) is 10.9 Å². The van der Waals surface area contributed by atoms with Gasteiger partial charge in [0.1, 0.15) is 0 Å². The fourth-order valence-corrected chi connectivity index (χ4v) is 3.49. The molecule has 0 radical (unpaired) electrons. The molecule has 2 heteroatoms. The Morgan fingerprint density at radius 3 is 2.50 bits per heavy atom. The van der Waals surface area contributed by atoms with Crippen molar-refractivity contribution in [1.29, 1.82) is 0 Å². The van der Waals surface area contributed by atoms with Gasteiger partial charge in [0.25, 0.3) is 0 Å². The van der Waals surface area contributed by atoms with Gasteiger partial charge in [-0.3, -0.25) is 0 Å². The number of hydrogen-bond donors (Lipinski definition) is 0. The van der Waals surface area contributed by atoms with Crippen molar-refractivity contribution < 1.29 is 0 Å². The van der Waals surface area contributed by atoms with Gasteiger partial charge in [-0.25, -0.2) is 0 Å². The van der Waals surface area contributed by atoms with Gasteiger partial charge < -0.3 is 0 Å². The summed E-state index contributed by atoms with van der Waals surface area (Å²) in [7, 11) is 0. The van der Waals surface area contributed by atoms with E-state index in [1.165, 1.54) is 40.0 Å². The van der Waals surface area contributed by atoms with Crippen LogP contribution in [0.15, 0.2) is 30.3 Å². The zero-order valence-electron chi connectivity index (χ0n) is 6.21. The van der Waals surface area contributed by atoms with Gasteiger partial charge in [-0.1, -0.05) is 0 Å². The first-order valence-electron chi connectivity index (χ1n) is 3.46. The number of rotatable bonds is 3. The molecular weight excluding hydrogens is 247 g/mol. The van der Waals surface area contributed by atoms with E-state index in [2.05, 4.69) is 30.3 Å². The molecule has 0 heterocycles. The molecule has 0 fully saturated rings. The van der Waals surface area contributed by atoms with Crippen molar-refractivity contribution >= 4 is 39.1 Å². The molecule has 10 heavy (non-hydrogen) atoms. The molecule has 0 nitrogen and oxygen atoms in total. The average molecular weight is 256 g/mol. The summed E-state index contributed by atoms with van der Waals surface area (Å²) in [6, 6.07) is 10.8. The SMILES string of the molecule is [Na][Te]CCc1ccccc1. The average Bonchev–Trinajstić information content (AvgIpc) is 2.03. The monoisotopic (exact) mass is 258 g/mol. The Balaban J connectivity index is 2.43. The Labute approximate surface area is 84.8 Å². The Bertz CT molecular complexity index is 174. The van der Waals surface area contributed by atoms with Crippen LogP contribution in [0.4, 0.5) is 0 Å². The molecule has 1 aromatic carbocycles. The second-order valence-corrected chi connectivity index (χ2v) is 8.91. The first-order chi connectivity index (χ1) is 4.93. The van der Waals surface area contributed by atoms with E-state index >= 15 is 0 Å². The third kappa shape index (κ3) is 3.42. The molecule has 0 atom stereocenters. The molecule has 0 unspecified atom stereocenters. The molecule has 1 aromatic rings. The van der Waals surface area contributed by atoms with Crippen LogP contribution in [0.5, 0.6) is 0 Å². The van der Waals surface area contributed by atoms with Gasteiger partial charge in [0, 0.05) is 0 Å². The summed E-state index contributed by atoms with van der Waals surface area (Å²) in [4.78, 5) is 0. The Morgan fingerprint density at radius 1 is 1.20 bits per heavy atom. The van der Waals surface area contributed by atoms with Gasteiger partial charge >= 0.3 is 85.9 Å². The van der Waals surface area contributed by atoms with Gasteiger partial charge in [-0.05, 0) is 0 Å². The minimum absolute atomic E-state index is 0.474. The van der Waals surface area contributed by atoms with E-state index in [4.69, 9.17) is 0 Å². The fourth-order valence-electron chi connectivity index (χ4n) is 0.865. The molecule has 0 aromatic heterocycles. The first-order valence-corrected chi connectivity index (χ1v) is 12.9. The molecule has 0 saturated carbocycles. The van der Waals surface area contributed by atoms with Gasteiger partial charge in [-0.15, -0.1) is 0 Å². The van der Waals surface area contributed by atoms with Crippen LogP contribution in [0, 0.1) is 0 Å². The second-order valence-electron chi connectivity index (χ2n) is 2.23. The summed E-state index contributed by atoms with van der Waals surface area (Å²) in [6.07, 6.45) is 1.33. The van der Waals surface area contributed by atoms with Gasteiger partial charge in [0.2, 0.25) is 0 Å². The van der Waals surface area contributed by atoms with E-state index in [9.17, 15) is 0 Å². The summed E-state index contributed by atoms with van der Waals surface area (Å²) in [5.41, 5.74) is 1.52. The van der Waals surface area contributed by atoms with Crippen LogP contribution in [0.2, 0.25) is 4.47 Å². The van der Waals surface area contributed by atoms with E-state index < -0.39 is 0 Å². The predicted molar refractivity (Wildman–Crippen MR) is 46.5 cm³/mol. The van der Waals surface area contributed by atoms with Crippen LogP contribution in [0.25, 0.3) is 0 Å². The van der Waals surface area contributed by atoms with E-state index in [-0.39, 0.29) is 0 Å². The fraction of sp³-hybridized carbons (Fsp3) is 0.250. The Morgan fingerprint density at radius 2 is 1.90 bits per heavy atom. The van der Waals surface area contributed by atoms with Gasteiger partial charge in [0.05, 0.1) is 0 Å². The third-order valence-corrected chi connectivity index (χ3v) is 5.92. The van der Waals surface area contributed by atoms with Crippen molar-refractivity contribution in [2.75, 3.05) is 0 Å². The Hall–Kier alpha value is 1.01. The molecule has 0 N–H and O–H groups in total. The third-order valence-electron chi connectivity index (χ3n) is 1.44. The van der Waals surface area contributed by atoms with E-state index in [1.54, 1.807) is 0 Å². The molecule has 0 aliphatic rings. The predicted octanol–water partition coefficient (Wildman–Crippen LogP) is 1.44. The topological polar surface area (TPSA) is 0 Å². The summed E-state index contributed by atoms with van der Waals surface area (Å²) in [5, 5.41) is 0. The van der Waals surface area contributed by atoms with Crippen LogP contribution in [-0.4, -0.2) is 39.1 Å². The second kappa shape index (κ2) is 5.63. The van der Waals surface area contributed by atoms with Crippen LogP contribution in [0.1, 0.15) is 5.56 Å². The van der Waals surface area contributed by atoms with Crippen LogP contribution >= 0.6 is 0 Å². The summed E-state index contributed by atoms with van der Waals surface area (Å²) in [6.45, 7) is 0. The molecule has 0 spiro atoms. The van der Waals surface area contributed by atoms with E-state index in [1.807, 2.05) is 0 Å². The molecule has 0 aliphatic carbocycles. The normalized spacial score (nSPS) is 9.80. The van der Waals surface area contributed by atoms with Crippen molar-refractivity contribution in [1.82, 2.24) is 0 Å². The number of hydrogen-bond acceptors (Lipinski definition) is 0. The van der Waals surface area contributed by atoms with Crippen molar-refractivity contribution in [3.05, 3.63) is 35.9 Å². The minimum atomic E-state index is 0.474. The first kappa shape index (κ1) is 9.10. The van der Waals surface area contributed by atoms with Crippen LogP contribution in [0.3, 0.4) is 0 Å². The zero-order valence-corrected chi connectivity index (χ0v) is 10.5. The maximum absolute atomic E-state index is 2.23. The maximum atomic E-state index is 2.23. The molecule has 0 aliphatic heterocycles. The summed E-state index contributed by atoms with van der Waals surface area (Å²) < 4.78 is 1.50. The molecule has 1 rings (SSSR count). The molecular formula is C8H9NaTe. The van der Waals surface area contributed by atoms with Crippen molar-refractivity contribution in [3.8, 4) is 0 Å². The van der Waals surface area contributed by atoms with Crippen LogP contribution in [-0.2, 0) is 6.42 Å². The van der Waals surface area contributed by atoms with Gasteiger partial charge in [-0.2, -0.15) is 0 Å². The van der Waals surface area contributed by atoms with Crippen molar-refractivity contribution in [3.63, 3.8) is 0 Å². The molecule has 48 valence electrons. The van der Waals surface area contributed by atoms with E-state index in [0.717, 1.165) is 0 Å². The summed E-state index contributed by atoms with van der Waals surface area (Å²) in [5.74, 6) is 0. The van der Waals surface area contributed by atoms with Crippen LogP contribution < -0.4 is 0 Å². The molecule has 0 amide bonds. The standard InChI is InChI=1S/C8H10Te.Na/c9-7-6-8-4-2-1-3-5-8;/h1-5,9H,6-7H2;/q;+1/p-1. The van der Waals surface area contributed by atoms with Gasteiger partial charge in [0.15, 0.2) is 0 Å². The Kier molecular flexibility index (Phi) is 5.13. The molecule has 0 bridgehead atoms. The summed E-state index contributed by atoms with van der Waals surface area (Å²) >= 11 is 1.95.